The van der Waals surface area contributed by atoms with Crippen LogP contribution in [-0.4, -0.2) is 193 Å². The first-order chi connectivity index (χ1) is 44.8. The minimum atomic E-state index is -1.98. The van der Waals surface area contributed by atoms with Crippen LogP contribution in [0.15, 0.2) is 12.2 Å². The van der Waals surface area contributed by atoms with Crippen LogP contribution in [0.2, 0.25) is 0 Å². The fourth-order valence-corrected chi connectivity index (χ4v) is 13.2. The van der Waals surface area contributed by atoms with Gasteiger partial charge in [-0.05, 0) is 19.3 Å². The van der Waals surface area contributed by atoms with E-state index in [0.717, 1.165) is 44.9 Å². The number of carbonyl (C=O) groups is 1. The monoisotopic (exact) mass is 1320 g/mol. The molecular weight excluding hydrogens is 1180 g/mol. The average molecular weight is 1320 g/mol. The lowest BCUT2D eigenvalue weighted by Crippen LogP contribution is -2.66. The van der Waals surface area contributed by atoms with E-state index in [-0.39, 0.29) is 18.9 Å². The highest BCUT2D eigenvalue weighted by Gasteiger charge is 2.53. The van der Waals surface area contributed by atoms with Gasteiger partial charge in [0.2, 0.25) is 5.91 Å². The van der Waals surface area contributed by atoms with E-state index in [1.807, 2.05) is 6.08 Å². The van der Waals surface area contributed by atoms with E-state index in [9.17, 15) is 61.0 Å². The van der Waals surface area contributed by atoms with Gasteiger partial charge < -0.3 is 89.9 Å². The summed E-state index contributed by atoms with van der Waals surface area (Å²) in [5.74, 6) is -0.268. The van der Waals surface area contributed by atoms with Crippen molar-refractivity contribution in [1.29, 1.82) is 0 Å². The number of unbranched alkanes of at least 4 members (excludes halogenated alkanes) is 44. The molecule has 3 saturated heterocycles. The minimum absolute atomic E-state index is 0.250. The Labute approximate surface area is 556 Å². The molecule has 0 aromatic heterocycles. The van der Waals surface area contributed by atoms with Crippen molar-refractivity contribution >= 4 is 5.91 Å². The zero-order chi connectivity index (χ0) is 66.8. The smallest absolute Gasteiger partial charge is 0.220 e. The summed E-state index contributed by atoms with van der Waals surface area (Å²) in [6.45, 7) is 1.78. The van der Waals surface area contributed by atoms with Gasteiger partial charge in [0.05, 0.1) is 38.6 Å². The second kappa shape index (κ2) is 55.4. The van der Waals surface area contributed by atoms with Crippen LogP contribution in [-0.2, 0) is 33.2 Å². The topological polar surface area (TPSA) is 307 Å². The van der Waals surface area contributed by atoms with Crippen LogP contribution in [0.3, 0.4) is 0 Å². The Morgan fingerprint density at radius 1 is 0.380 bits per heavy atom. The quantitative estimate of drug-likeness (QED) is 0.0199. The normalized spacial score (nSPS) is 27.7. The van der Waals surface area contributed by atoms with Gasteiger partial charge in [0, 0.05) is 6.42 Å². The van der Waals surface area contributed by atoms with Gasteiger partial charge in [-0.25, -0.2) is 0 Å². The van der Waals surface area contributed by atoms with Crippen LogP contribution in [0.5, 0.6) is 0 Å². The number of carbonyl (C=O) groups excluding carboxylic acids is 1. The summed E-state index contributed by atoms with van der Waals surface area (Å²) in [4.78, 5) is 13.4. The molecule has 3 aliphatic heterocycles. The standard InChI is InChI=1S/C73H139NO18/c1-3-5-7-9-11-13-15-17-19-21-22-23-24-25-26-27-28-29-30-31-32-33-35-37-39-41-43-45-47-49-51-61(79)74-56(57(78)50-48-46-44-42-40-38-36-34-20-18-16-14-12-10-8-6-4-2)55-87-71-67(85)64(82)69(59(53-76)89-71)92-73-68(86)65(83)70(60(54-77)90-73)91-72-66(84)63(81)62(80)58(52-75)88-72/h48,50,56-60,62-73,75-78,80-86H,3-47,49,51-55H2,1-2H3,(H,74,79)/b50-48+. The molecule has 544 valence electrons. The molecule has 19 heteroatoms. The van der Waals surface area contributed by atoms with Crippen molar-refractivity contribution in [2.45, 2.75) is 420 Å². The molecule has 19 nitrogen and oxygen atoms in total. The number of aliphatic hydroxyl groups is 11. The second-order valence-corrected chi connectivity index (χ2v) is 27.5. The number of amides is 1. The number of aliphatic hydroxyl groups excluding tert-OH is 11. The van der Waals surface area contributed by atoms with Gasteiger partial charge in [-0.3, -0.25) is 4.79 Å². The maximum Gasteiger partial charge on any atom is 0.220 e. The summed E-state index contributed by atoms with van der Waals surface area (Å²) in [5, 5.41) is 121. The maximum atomic E-state index is 13.4. The minimum Gasteiger partial charge on any atom is -0.394 e. The summed E-state index contributed by atoms with van der Waals surface area (Å²) in [7, 11) is 0. The molecule has 3 aliphatic rings. The van der Waals surface area contributed by atoms with Gasteiger partial charge in [0.15, 0.2) is 18.9 Å². The molecule has 1 amide bonds. The van der Waals surface area contributed by atoms with E-state index in [2.05, 4.69) is 19.2 Å². The Hall–Kier alpha value is -1.47. The first-order valence-corrected chi connectivity index (χ1v) is 37.9. The lowest BCUT2D eigenvalue weighted by atomic mass is 9.96. The Morgan fingerprint density at radius 3 is 1.02 bits per heavy atom. The molecule has 0 aliphatic carbocycles. The van der Waals surface area contributed by atoms with E-state index >= 15 is 0 Å². The fraction of sp³-hybridized carbons (Fsp3) is 0.959. The number of rotatable bonds is 60. The van der Waals surface area contributed by atoms with Gasteiger partial charge in [0.1, 0.15) is 73.2 Å². The first-order valence-electron chi connectivity index (χ1n) is 37.9. The molecule has 0 saturated carbocycles. The van der Waals surface area contributed by atoms with Crippen LogP contribution in [0, 0.1) is 0 Å². The second-order valence-electron chi connectivity index (χ2n) is 27.5. The molecule has 0 radical (unpaired) electrons. The molecule has 0 spiro atoms. The van der Waals surface area contributed by atoms with E-state index in [0.29, 0.717) is 6.42 Å². The summed E-state index contributed by atoms with van der Waals surface area (Å²) < 4.78 is 34.4. The molecule has 3 heterocycles. The molecule has 12 N–H and O–H groups in total. The van der Waals surface area contributed by atoms with Crippen molar-refractivity contribution in [1.82, 2.24) is 5.32 Å². The molecule has 0 aromatic carbocycles. The predicted octanol–water partition coefficient (Wildman–Crippen LogP) is 11.2. The van der Waals surface area contributed by atoms with Crippen molar-refractivity contribution in [3.8, 4) is 0 Å². The van der Waals surface area contributed by atoms with Crippen molar-refractivity contribution in [2.75, 3.05) is 26.4 Å². The van der Waals surface area contributed by atoms with E-state index in [4.69, 9.17) is 28.4 Å². The summed E-state index contributed by atoms with van der Waals surface area (Å²) in [5.41, 5.74) is 0. The summed E-state index contributed by atoms with van der Waals surface area (Å²) in [6.07, 6.45) is 36.3. The molecule has 3 rings (SSSR count). The number of hydrogen-bond donors (Lipinski definition) is 12. The Bertz CT molecular complexity index is 1720. The highest BCUT2D eigenvalue weighted by Crippen LogP contribution is 2.33. The molecule has 3 fully saturated rings. The molecule has 0 aromatic rings. The largest absolute Gasteiger partial charge is 0.394 e. The maximum absolute atomic E-state index is 13.4. The number of hydrogen-bond acceptors (Lipinski definition) is 18. The number of nitrogens with one attached hydrogen (secondary N) is 1. The molecule has 17 atom stereocenters. The third-order valence-corrected chi connectivity index (χ3v) is 19.3. The third-order valence-electron chi connectivity index (χ3n) is 19.3. The lowest BCUT2D eigenvalue weighted by molar-refractivity contribution is -0.379. The average Bonchev–Trinajstić information content (AvgIpc) is 0.839. The van der Waals surface area contributed by atoms with Crippen molar-refractivity contribution < 1.29 is 89.4 Å². The van der Waals surface area contributed by atoms with Gasteiger partial charge in [-0.2, -0.15) is 0 Å². The summed E-state index contributed by atoms with van der Waals surface area (Å²) >= 11 is 0. The zero-order valence-electron chi connectivity index (χ0n) is 57.8. The molecule has 92 heavy (non-hydrogen) atoms. The Balaban J connectivity index is 1.37. The highest BCUT2D eigenvalue weighted by molar-refractivity contribution is 5.76. The predicted molar refractivity (Wildman–Crippen MR) is 360 cm³/mol. The van der Waals surface area contributed by atoms with E-state index in [1.54, 1.807) is 6.08 Å². The number of allylic oxidation sites excluding steroid dienone is 1. The van der Waals surface area contributed by atoms with Crippen LogP contribution >= 0.6 is 0 Å². The van der Waals surface area contributed by atoms with Gasteiger partial charge in [-0.1, -0.05) is 302 Å². The lowest BCUT2D eigenvalue weighted by Gasteiger charge is -2.48. The molecule has 17 unspecified atom stereocenters. The van der Waals surface area contributed by atoms with Crippen LogP contribution < -0.4 is 5.32 Å². The van der Waals surface area contributed by atoms with Crippen molar-refractivity contribution in [2.24, 2.45) is 0 Å². The van der Waals surface area contributed by atoms with E-state index in [1.165, 1.54) is 244 Å². The molecule has 0 bridgehead atoms. The van der Waals surface area contributed by atoms with E-state index < -0.39 is 124 Å². The van der Waals surface area contributed by atoms with Crippen LogP contribution in [0.4, 0.5) is 0 Å². The molecular formula is C73H139NO18. The summed E-state index contributed by atoms with van der Waals surface area (Å²) in [6, 6.07) is -0.969. The van der Waals surface area contributed by atoms with Gasteiger partial charge >= 0.3 is 0 Å². The first kappa shape index (κ1) is 84.8. The van der Waals surface area contributed by atoms with Crippen molar-refractivity contribution in [3.63, 3.8) is 0 Å². The zero-order valence-corrected chi connectivity index (χ0v) is 57.8. The Morgan fingerprint density at radius 2 is 0.674 bits per heavy atom. The van der Waals surface area contributed by atoms with Crippen LogP contribution in [0.25, 0.3) is 0 Å². The van der Waals surface area contributed by atoms with Gasteiger partial charge in [0.25, 0.3) is 0 Å². The third kappa shape index (κ3) is 36.4. The van der Waals surface area contributed by atoms with Crippen molar-refractivity contribution in [3.05, 3.63) is 12.2 Å². The van der Waals surface area contributed by atoms with Gasteiger partial charge in [-0.15, -0.1) is 0 Å². The SMILES string of the molecule is CCCCCCCCCCCCCCCCC/C=C/C(O)C(COC1OC(CO)C(OC2OC(CO)C(OC3OC(CO)C(O)C(O)C3O)C(O)C2O)C(O)C1O)NC(=O)CCCCCCCCCCCCCCCCCCCCCCCCCCCCCCCC. The Kier molecular flexibility index (Phi) is 51.0. The number of ether oxygens (including phenoxy) is 6. The highest BCUT2D eigenvalue weighted by atomic mass is 16.8. The van der Waals surface area contributed by atoms with Crippen LogP contribution in [0.1, 0.15) is 316 Å². The fourth-order valence-electron chi connectivity index (χ4n) is 13.2.